The van der Waals surface area contributed by atoms with Crippen LogP contribution in [0.2, 0.25) is 0 Å². The van der Waals surface area contributed by atoms with Gasteiger partial charge in [0, 0.05) is 10.4 Å². The lowest BCUT2D eigenvalue weighted by Crippen LogP contribution is -2.60. The standard InChI is InChI=1S/C21H27NO4S/c23-5-6-26-20(25)17-3-1-2-4-18(17)27-13-19(24)22-21-10-14-7-15(11-21)9-16(8-14)12-21/h1-4,14-16,23H,5-13H2,(H,22,24). The molecule has 0 saturated heterocycles. The molecule has 0 radical (unpaired) electrons. The van der Waals surface area contributed by atoms with E-state index in [1.807, 2.05) is 12.1 Å². The van der Waals surface area contributed by atoms with Crippen LogP contribution in [-0.4, -0.2) is 41.5 Å². The van der Waals surface area contributed by atoms with Crippen LogP contribution >= 0.6 is 11.8 Å². The fraction of sp³-hybridized carbons (Fsp3) is 0.619. The lowest BCUT2D eigenvalue weighted by Gasteiger charge is -2.56. The van der Waals surface area contributed by atoms with E-state index in [1.54, 1.807) is 12.1 Å². The summed E-state index contributed by atoms with van der Waals surface area (Å²) in [6.07, 6.45) is 7.48. The summed E-state index contributed by atoms with van der Waals surface area (Å²) < 4.78 is 5.01. The molecule has 5 rings (SSSR count). The summed E-state index contributed by atoms with van der Waals surface area (Å²) >= 11 is 1.37. The van der Waals surface area contributed by atoms with Crippen LogP contribution in [0.1, 0.15) is 48.9 Å². The summed E-state index contributed by atoms with van der Waals surface area (Å²) in [5.41, 5.74) is 0.463. The van der Waals surface area contributed by atoms with Crippen LogP contribution in [0, 0.1) is 17.8 Å². The van der Waals surface area contributed by atoms with E-state index < -0.39 is 5.97 Å². The van der Waals surface area contributed by atoms with E-state index in [0.717, 1.165) is 41.9 Å². The van der Waals surface area contributed by atoms with Crippen molar-refractivity contribution in [2.75, 3.05) is 19.0 Å². The van der Waals surface area contributed by atoms with Gasteiger partial charge in [-0.1, -0.05) is 12.1 Å². The maximum atomic E-state index is 12.7. The highest BCUT2D eigenvalue weighted by molar-refractivity contribution is 8.00. The second-order valence-corrected chi connectivity index (χ2v) is 9.41. The molecule has 4 saturated carbocycles. The Morgan fingerprint density at radius 3 is 2.37 bits per heavy atom. The monoisotopic (exact) mass is 389 g/mol. The zero-order valence-corrected chi connectivity index (χ0v) is 16.3. The molecule has 0 heterocycles. The number of carbonyl (C=O) groups excluding carboxylic acids is 2. The number of hydrogen-bond donors (Lipinski definition) is 2. The van der Waals surface area contributed by atoms with Gasteiger partial charge in [0.2, 0.25) is 5.91 Å². The lowest BCUT2D eigenvalue weighted by molar-refractivity contribution is -0.124. The molecule has 4 bridgehead atoms. The molecule has 4 aliphatic rings. The first kappa shape index (κ1) is 18.8. The van der Waals surface area contributed by atoms with E-state index in [2.05, 4.69) is 5.32 Å². The highest BCUT2D eigenvalue weighted by Gasteiger charge is 2.51. The zero-order valence-electron chi connectivity index (χ0n) is 15.5. The number of aliphatic hydroxyl groups excluding tert-OH is 1. The van der Waals surface area contributed by atoms with Gasteiger partial charge in [-0.3, -0.25) is 4.79 Å². The summed E-state index contributed by atoms with van der Waals surface area (Å²) in [5.74, 6) is 2.28. The molecule has 4 aliphatic carbocycles. The van der Waals surface area contributed by atoms with Crippen molar-refractivity contribution >= 4 is 23.6 Å². The molecule has 4 fully saturated rings. The molecule has 1 aromatic rings. The normalized spacial score (nSPS) is 30.9. The largest absolute Gasteiger partial charge is 0.460 e. The molecule has 0 spiro atoms. The Bertz CT molecular complexity index is 685. The van der Waals surface area contributed by atoms with Crippen molar-refractivity contribution in [1.29, 1.82) is 0 Å². The highest BCUT2D eigenvalue weighted by atomic mass is 32.2. The van der Waals surface area contributed by atoms with Crippen LogP contribution in [0.4, 0.5) is 0 Å². The molecule has 2 N–H and O–H groups in total. The average Bonchev–Trinajstić information content (AvgIpc) is 2.63. The minimum absolute atomic E-state index is 0.0198. The Kier molecular flexibility index (Phi) is 5.46. The van der Waals surface area contributed by atoms with Crippen LogP contribution in [0.15, 0.2) is 29.2 Å². The molecule has 0 atom stereocenters. The van der Waals surface area contributed by atoms with Gasteiger partial charge in [0.25, 0.3) is 0 Å². The molecule has 6 heteroatoms. The Hall–Kier alpha value is -1.53. The second kappa shape index (κ2) is 7.84. The van der Waals surface area contributed by atoms with E-state index in [9.17, 15) is 9.59 Å². The number of nitrogens with one attached hydrogen (secondary N) is 1. The van der Waals surface area contributed by atoms with Crippen molar-refractivity contribution in [2.45, 2.75) is 49.0 Å². The number of rotatable bonds is 7. The van der Waals surface area contributed by atoms with E-state index in [-0.39, 0.29) is 24.7 Å². The van der Waals surface area contributed by atoms with Crippen LogP contribution < -0.4 is 5.32 Å². The molecule has 5 nitrogen and oxygen atoms in total. The fourth-order valence-corrected chi connectivity index (χ4v) is 6.56. The Morgan fingerprint density at radius 1 is 1.11 bits per heavy atom. The van der Waals surface area contributed by atoms with E-state index in [1.165, 1.54) is 31.0 Å². The van der Waals surface area contributed by atoms with Crippen molar-refractivity contribution in [3.05, 3.63) is 29.8 Å². The van der Waals surface area contributed by atoms with Crippen molar-refractivity contribution < 1.29 is 19.4 Å². The maximum absolute atomic E-state index is 12.7. The SMILES string of the molecule is O=C(CSc1ccccc1C(=O)OCCO)NC12CC3CC(CC(C3)C1)C2. The smallest absolute Gasteiger partial charge is 0.339 e. The Morgan fingerprint density at radius 2 is 1.74 bits per heavy atom. The number of esters is 1. The lowest BCUT2D eigenvalue weighted by atomic mass is 9.53. The number of carbonyl (C=O) groups is 2. The topological polar surface area (TPSA) is 75.6 Å². The van der Waals surface area contributed by atoms with Crippen molar-refractivity contribution in [3.8, 4) is 0 Å². The van der Waals surface area contributed by atoms with Crippen LogP contribution in [0.5, 0.6) is 0 Å². The molecular weight excluding hydrogens is 362 g/mol. The summed E-state index contributed by atoms with van der Waals surface area (Å²) in [7, 11) is 0. The summed E-state index contributed by atoms with van der Waals surface area (Å²) in [5, 5.41) is 12.2. The van der Waals surface area contributed by atoms with Gasteiger partial charge in [0.1, 0.15) is 6.61 Å². The van der Waals surface area contributed by atoms with Crippen LogP contribution in [0.25, 0.3) is 0 Å². The average molecular weight is 390 g/mol. The van der Waals surface area contributed by atoms with Gasteiger partial charge in [-0.05, 0) is 68.4 Å². The molecule has 0 unspecified atom stereocenters. The molecular formula is C21H27NO4S. The van der Waals surface area contributed by atoms with Crippen LogP contribution in [-0.2, 0) is 9.53 Å². The van der Waals surface area contributed by atoms with Gasteiger partial charge in [0.15, 0.2) is 0 Å². The predicted octanol–water partition coefficient (Wildman–Crippen LogP) is 3.01. The number of thioether (sulfide) groups is 1. The first-order valence-electron chi connectivity index (χ1n) is 9.88. The van der Waals surface area contributed by atoms with E-state index in [0.29, 0.717) is 11.3 Å². The second-order valence-electron chi connectivity index (χ2n) is 8.39. The molecule has 1 amide bonds. The van der Waals surface area contributed by atoms with E-state index in [4.69, 9.17) is 9.84 Å². The third-order valence-corrected chi connectivity index (χ3v) is 7.31. The number of aliphatic hydroxyl groups is 1. The maximum Gasteiger partial charge on any atom is 0.339 e. The number of amides is 1. The van der Waals surface area contributed by atoms with Gasteiger partial charge in [0.05, 0.1) is 17.9 Å². The van der Waals surface area contributed by atoms with Gasteiger partial charge in [-0.15, -0.1) is 11.8 Å². The van der Waals surface area contributed by atoms with Gasteiger partial charge < -0.3 is 15.2 Å². The van der Waals surface area contributed by atoms with Crippen molar-refractivity contribution in [3.63, 3.8) is 0 Å². The number of benzene rings is 1. The zero-order chi connectivity index (χ0) is 18.9. The summed E-state index contributed by atoms with van der Waals surface area (Å²) in [6.45, 7) is -0.223. The van der Waals surface area contributed by atoms with Gasteiger partial charge in [-0.25, -0.2) is 4.79 Å². The third-order valence-electron chi connectivity index (χ3n) is 6.23. The molecule has 146 valence electrons. The number of ether oxygens (including phenoxy) is 1. The van der Waals surface area contributed by atoms with Crippen molar-refractivity contribution in [1.82, 2.24) is 5.32 Å². The number of hydrogen-bond acceptors (Lipinski definition) is 5. The Labute approximate surface area is 164 Å². The third kappa shape index (κ3) is 4.16. The first-order valence-corrected chi connectivity index (χ1v) is 10.9. The first-order chi connectivity index (χ1) is 13.1. The van der Waals surface area contributed by atoms with Gasteiger partial charge >= 0.3 is 5.97 Å². The van der Waals surface area contributed by atoms with Gasteiger partial charge in [-0.2, -0.15) is 0 Å². The highest BCUT2D eigenvalue weighted by Crippen LogP contribution is 2.55. The molecule has 0 aromatic heterocycles. The predicted molar refractivity (Wildman–Crippen MR) is 104 cm³/mol. The van der Waals surface area contributed by atoms with E-state index >= 15 is 0 Å². The fourth-order valence-electron chi connectivity index (χ4n) is 5.72. The molecule has 1 aromatic carbocycles. The molecule has 0 aliphatic heterocycles. The summed E-state index contributed by atoms with van der Waals surface area (Å²) in [6, 6.07) is 7.15. The van der Waals surface area contributed by atoms with Crippen molar-refractivity contribution in [2.24, 2.45) is 17.8 Å². The minimum atomic E-state index is -0.464. The van der Waals surface area contributed by atoms with Crippen LogP contribution in [0.3, 0.4) is 0 Å². The summed E-state index contributed by atoms with van der Waals surface area (Å²) in [4.78, 5) is 25.5. The molecule has 27 heavy (non-hydrogen) atoms. The minimum Gasteiger partial charge on any atom is -0.460 e. The quantitative estimate of drug-likeness (QED) is 0.554. The Balaban J connectivity index is 1.36.